The first kappa shape index (κ1) is 26.9. The molecule has 0 radical (unpaired) electrons. The molecule has 3 aromatic carbocycles. The number of halogens is 2. The molecular weight excluding hydrogens is 535 g/mol. The summed E-state index contributed by atoms with van der Waals surface area (Å²) >= 11 is 12.5. The van der Waals surface area contributed by atoms with Crippen LogP contribution in [0.1, 0.15) is 16.7 Å². The molecule has 0 spiro atoms. The predicted molar refractivity (Wildman–Crippen MR) is 154 cm³/mol. The zero-order chi connectivity index (χ0) is 27.5. The third-order valence-electron chi connectivity index (χ3n) is 7.06. The number of benzene rings is 3. The van der Waals surface area contributed by atoms with Gasteiger partial charge in [0, 0.05) is 43.4 Å². The van der Waals surface area contributed by atoms with E-state index in [1.807, 2.05) is 35.2 Å². The van der Waals surface area contributed by atoms with Crippen LogP contribution in [0, 0.1) is 6.92 Å². The smallest absolute Gasteiger partial charge is 0.283 e. The summed E-state index contributed by atoms with van der Waals surface area (Å²) in [6.45, 7) is 5.73. The molecule has 0 aromatic heterocycles. The highest BCUT2D eigenvalue weighted by molar-refractivity contribution is 6.53. The van der Waals surface area contributed by atoms with Crippen molar-refractivity contribution in [1.82, 2.24) is 9.80 Å². The van der Waals surface area contributed by atoms with Crippen LogP contribution in [0.4, 0.5) is 11.4 Å². The van der Waals surface area contributed by atoms with Crippen molar-refractivity contribution in [2.75, 3.05) is 36.4 Å². The fraction of sp³-hybridized carbons (Fsp3) is 0.233. The first-order valence-corrected chi connectivity index (χ1v) is 13.5. The number of carbonyl (C=O) groups excluding carboxylic acids is 3. The normalized spacial score (nSPS) is 16.3. The molecule has 0 aliphatic carbocycles. The molecule has 0 unspecified atom stereocenters. The summed E-state index contributed by atoms with van der Waals surface area (Å²) in [5.41, 5.74) is 3.72. The number of piperazine rings is 1. The molecule has 0 atom stereocenters. The van der Waals surface area contributed by atoms with Crippen LogP contribution < -0.4 is 10.2 Å². The zero-order valence-electron chi connectivity index (χ0n) is 21.5. The number of hydrogen-bond donors (Lipinski definition) is 1. The van der Waals surface area contributed by atoms with Crippen LogP contribution in [-0.4, -0.2) is 53.7 Å². The molecule has 0 bridgehead atoms. The first-order valence-electron chi connectivity index (χ1n) is 12.8. The standard InChI is InChI=1S/C30H28Cl2N4O3/c1-20-24(31)8-5-9-25(20)36-29(38)27(32)28(30(36)39)33-23-12-10-21(11-13-23)18-26(37)35-16-14-34(15-17-35)19-22-6-3-2-4-7-22/h2-13,33H,14-19H2,1H3. The van der Waals surface area contributed by atoms with Crippen molar-refractivity contribution >= 4 is 52.3 Å². The molecular formula is C30H28Cl2N4O3. The van der Waals surface area contributed by atoms with Crippen molar-refractivity contribution in [3.63, 3.8) is 0 Å². The number of rotatable bonds is 7. The van der Waals surface area contributed by atoms with E-state index in [2.05, 4.69) is 22.3 Å². The molecule has 2 aliphatic heterocycles. The lowest BCUT2D eigenvalue weighted by Gasteiger charge is -2.34. The van der Waals surface area contributed by atoms with Gasteiger partial charge >= 0.3 is 0 Å². The molecule has 2 heterocycles. The minimum atomic E-state index is -0.611. The summed E-state index contributed by atoms with van der Waals surface area (Å²) < 4.78 is 0. The van der Waals surface area contributed by atoms with Crippen molar-refractivity contribution in [2.24, 2.45) is 0 Å². The molecule has 200 valence electrons. The number of amides is 3. The van der Waals surface area contributed by atoms with Gasteiger partial charge in [0.2, 0.25) is 5.91 Å². The van der Waals surface area contributed by atoms with Crippen molar-refractivity contribution in [2.45, 2.75) is 19.9 Å². The molecule has 5 rings (SSSR count). The van der Waals surface area contributed by atoms with Crippen LogP contribution in [0.5, 0.6) is 0 Å². The molecule has 1 N–H and O–H groups in total. The maximum atomic E-state index is 13.1. The molecule has 3 aromatic rings. The zero-order valence-corrected chi connectivity index (χ0v) is 23.0. The number of carbonyl (C=O) groups is 3. The second-order valence-electron chi connectivity index (χ2n) is 9.66. The minimum Gasteiger partial charge on any atom is -0.350 e. The van der Waals surface area contributed by atoms with Gasteiger partial charge in [0.05, 0.1) is 12.1 Å². The van der Waals surface area contributed by atoms with Gasteiger partial charge in [0.25, 0.3) is 11.8 Å². The maximum absolute atomic E-state index is 13.1. The number of anilines is 2. The SMILES string of the molecule is Cc1c(Cl)cccc1N1C(=O)C(Cl)=C(Nc2ccc(CC(=O)N3CCN(Cc4ccccc4)CC3)cc2)C1=O. The van der Waals surface area contributed by atoms with Crippen LogP contribution in [0.15, 0.2) is 83.5 Å². The Morgan fingerprint density at radius 2 is 1.51 bits per heavy atom. The Kier molecular flexibility index (Phi) is 8.02. The quantitative estimate of drug-likeness (QED) is 0.411. The highest BCUT2D eigenvalue weighted by atomic mass is 35.5. The molecule has 39 heavy (non-hydrogen) atoms. The Labute approximate surface area is 237 Å². The highest BCUT2D eigenvalue weighted by Gasteiger charge is 2.39. The Hall–Kier alpha value is -3.65. The topological polar surface area (TPSA) is 73.0 Å². The number of nitrogens with one attached hydrogen (secondary N) is 1. The molecule has 1 fully saturated rings. The van der Waals surface area contributed by atoms with E-state index in [9.17, 15) is 14.4 Å². The number of imide groups is 1. The van der Waals surface area contributed by atoms with E-state index in [1.54, 1.807) is 37.3 Å². The van der Waals surface area contributed by atoms with Crippen LogP contribution in [0.3, 0.4) is 0 Å². The second-order valence-corrected chi connectivity index (χ2v) is 10.4. The summed E-state index contributed by atoms with van der Waals surface area (Å²) in [4.78, 5) is 44.1. The fourth-order valence-corrected chi connectivity index (χ4v) is 5.18. The second kappa shape index (κ2) is 11.6. The number of nitrogens with zero attached hydrogens (tertiary/aromatic N) is 3. The third kappa shape index (κ3) is 5.86. The lowest BCUT2D eigenvalue weighted by Crippen LogP contribution is -2.48. The molecule has 0 saturated carbocycles. The van der Waals surface area contributed by atoms with Crippen LogP contribution >= 0.6 is 23.2 Å². The lowest BCUT2D eigenvalue weighted by molar-refractivity contribution is -0.132. The fourth-order valence-electron chi connectivity index (χ4n) is 4.80. The first-order chi connectivity index (χ1) is 18.8. The van der Waals surface area contributed by atoms with E-state index in [4.69, 9.17) is 23.2 Å². The van der Waals surface area contributed by atoms with Gasteiger partial charge in [-0.25, -0.2) is 4.90 Å². The summed E-state index contributed by atoms with van der Waals surface area (Å²) in [7, 11) is 0. The van der Waals surface area contributed by atoms with Gasteiger partial charge in [-0.1, -0.05) is 71.7 Å². The maximum Gasteiger partial charge on any atom is 0.283 e. The van der Waals surface area contributed by atoms with Crippen molar-refractivity contribution in [1.29, 1.82) is 0 Å². The van der Waals surface area contributed by atoms with Crippen molar-refractivity contribution < 1.29 is 14.4 Å². The summed E-state index contributed by atoms with van der Waals surface area (Å²) in [5.74, 6) is -1.08. The van der Waals surface area contributed by atoms with Gasteiger partial charge in [-0.05, 0) is 47.9 Å². The van der Waals surface area contributed by atoms with Gasteiger partial charge in [-0.3, -0.25) is 19.3 Å². The van der Waals surface area contributed by atoms with E-state index in [0.717, 1.165) is 30.1 Å². The van der Waals surface area contributed by atoms with Crippen LogP contribution in [0.25, 0.3) is 0 Å². The average molecular weight is 563 g/mol. The predicted octanol–water partition coefficient (Wildman–Crippen LogP) is 4.97. The summed E-state index contributed by atoms with van der Waals surface area (Å²) in [6, 6.07) is 22.6. The molecule has 2 aliphatic rings. The van der Waals surface area contributed by atoms with Gasteiger partial charge in [-0.15, -0.1) is 0 Å². The Morgan fingerprint density at radius 1 is 0.821 bits per heavy atom. The largest absolute Gasteiger partial charge is 0.350 e. The Morgan fingerprint density at radius 3 is 2.21 bits per heavy atom. The molecule has 3 amide bonds. The van der Waals surface area contributed by atoms with Gasteiger partial charge in [-0.2, -0.15) is 0 Å². The van der Waals surface area contributed by atoms with Crippen molar-refractivity contribution in [3.8, 4) is 0 Å². The van der Waals surface area contributed by atoms with Crippen LogP contribution in [0.2, 0.25) is 5.02 Å². The van der Waals surface area contributed by atoms with Crippen LogP contribution in [-0.2, 0) is 27.3 Å². The molecule has 9 heteroatoms. The van der Waals surface area contributed by atoms with E-state index in [0.29, 0.717) is 41.5 Å². The lowest BCUT2D eigenvalue weighted by atomic mass is 10.1. The van der Waals surface area contributed by atoms with Gasteiger partial charge < -0.3 is 10.2 Å². The van der Waals surface area contributed by atoms with Gasteiger partial charge in [0.1, 0.15) is 10.7 Å². The average Bonchev–Trinajstić information content (AvgIpc) is 3.15. The Balaban J connectivity index is 1.17. The Bertz CT molecular complexity index is 1430. The van der Waals surface area contributed by atoms with Crippen molar-refractivity contribution in [3.05, 3.63) is 105 Å². The van der Waals surface area contributed by atoms with E-state index < -0.39 is 11.8 Å². The van der Waals surface area contributed by atoms with E-state index in [1.165, 1.54) is 5.56 Å². The number of hydrogen-bond acceptors (Lipinski definition) is 5. The molecule has 1 saturated heterocycles. The third-order valence-corrected chi connectivity index (χ3v) is 7.82. The summed E-state index contributed by atoms with van der Waals surface area (Å²) in [6.07, 6.45) is 0.293. The summed E-state index contributed by atoms with van der Waals surface area (Å²) in [5, 5.41) is 3.23. The van der Waals surface area contributed by atoms with Gasteiger partial charge in [0.15, 0.2) is 0 Å². The molecule has 7 nitrogen and oxygen atoms in total. The highest BCUT2D eigenvalue weighted by Crippen LogP contribution is 2.34. The minimum absolute atomic E-state index is 0.00163. The van der Waals surface area contributed by atoms with E-state index in [-0.39, 0.29) is 16.6 Å². The monoisotopic (exact) mass is 562 g/mol. The van der Waals surface area contributed by atoms with E-state index >= 15 is 0 Å².